The number of rotatable bonds is 8. The van der Waals surface area contributed by atoms with Gasteiger partial charge in [-0.2, -0.15) is 5.10 Å². The number of halogens is 2. The van der Waals surface area contributed by atoms with Crippen molar-refractivity contribution in [3.05, 3.63) is 116 Å². The molecule has 10 heteroatoms. The van der Waals surface area contributed by atoms with Crippen LogP contribution in [-0.4, -0.2) is 20.6 Å². The Labute approximate surface area is 205 Å². The van der Waals surface area contributed by atoms with Crippen molar-refractivity contribution in [2.75, 3.05) is 5.32 Å². The zero-order valence-corrected chi connectivity index (χ0v) is 19.3. The Kier molecular flexibility index (Phi) is 7.07. The van der Waals surface area contributed by atoms with Gasteiger partial charge in [-0.3, -0.25) is 19.6 Å². The van der Waals surface area contributed by atoms with Crippen molar-refractivity contribution in [1.29, 1.82) is 0 Å². The number of nitrogens with zero attached hydrogens (tertiary/aromatic N) is 3. The summed E-state index contributed by atoms with van der Waals surface area (Å²) in [4.78, 5) is 22.9. The lowest BCUT2D eigenvalue weighted by Gasteiger charge is -2.09. The first-order chi connectivity index (χ1) is 16.8. The zero-order chi connectivity index (χ0) is 24.9. The molecule has 0 unspecified atom stereocenters. The number of nitrogens with one attached hydrogen (secondary N) is 1. The SMILES string of the molecule is Cc1cc(NC(=O)c2ccc(COc3ccc([N+](=O)[O-])cc3Cl)cc2)nn1Cc1ccccc1F. The second-order valence-corrected chi connectivity index (χ2v) is 8.14. The molecule has 0 radical (unpaired) electrons. The summed E-state index contributed by atoms with van der Waals surface area (Å²) in [5, 5.41) is 18.1. The minimum absolute atomic E-state index is 0.120. The molecule has 0 aliphatic carbocycles. The van der Waals surface area contributed by atoms with Gasteiger partial charge in [0.2, 0.25) is 0 Å². The first-order valence-corrected chi connectivity index (χ1v) is 10.9. The van der Waals surface area contributed by atoms with Gasteiger partial charge in [0, 0.05) is 35.0 Å². The average molecular weight is 495 g/mol. The van der Waals surface area contributed by atoms with Crippen molar-refractivity contribution >= 4 is 29.0 Å². The Bertz CT molecular complexity index is 1390. The molecule has 0 bridgehead atoms. The van der Waals surface area contributed by atoms with Crippen molar-refractivity contribution in [2.24, 2.45) is 0 Å². The van der Waals surface area contributed by atoms with Gasteiger partial charge in [-0.25, -0.2) is 4.39 Å². The molecule has 0 aliphatic heterocycles. The monoisotopic (exact) mass is 494 g/mol. The number of non-ortho nitro benzene ring substituents is 1. The van der Waals surface area contributed by atoms with Crippen LogP contribution in [0.4, 0.5) is 15.9 Å². The van der Waals surface area contributed by atoms with Crippen LogP contribution >= 0.6 is 11.6 Å². The number of aromatic nitrogens is 2. The van der Waals surface area contributed by atoms with E-state index in [1.165, 1.54) is 24.3 Å². The van der Waals surface area contributed by atoms with Crippen LogP contribution in [0.1, 0.15) is 27.2 Å². The third-order valence-corrected chi connectivity index (χ3v) is 5.53. The minimum Gasteiger partial charge on any atom is -0.487 e. The first-order valence-electron chi connectivity index (χ1n) is 10.5. The highest BCUT2D eigenvalue weighted by molar-refractivity contribution is 6.32. The fourth-order valence-corrected chi connectivity index (χ4v) is 3.57. The lowest BCUT2D eigenvalue weighted by molar-refractivity contribution is -0.384. The van der Waals surface area contributed by atoms with Gasteiger partial charge in [-0.1, -0.05) is 41.9 Å². The van der Waals surface area contributed by atoms with Crippen LogP contribution in [0.15, 0.2) is 72.8 Å². The van der Waals surface area contributed by atoms with Crippen LogP contribution in [0.3, 0.4) is 0 Å². The van der Waals surface area contributed by atoms with Crippen LogP contribution in [0, 0.1) is 22.9 Å². The Morgan fingerprint density at radius 2 is 1.89 bits per heavy atom. The second kappa shape index (κ2) is 10.4. The molecule has 0 spiro atoms. The van der Waals surface area contributed by atoms with E-state index in [4.69, 9.17) is 16.3 Å². The Balaban J connectivity index is 1.36. The van der Waals surface area contributed by atoms with E-state index in [0.29, 0.717) is 22.7 Å². The van der Waals surface area contributed by atoms with E-state index in [2.05, 4.69) is 10.4 Å². The predicted molar refractivity (Wildman–Crippen MR) is 129 cm³/mol. The molecule has 1 aromatic heterocycles. The van der Waals surface area contributed by atoms with E-state index in [1.807, 2.05) is 6.92 Å². The van der Waals surface area contributed by atoms with Gasteiger partial charge in [0.15, 0.2) is 5.82 Å². The standard InChI is InChI=1S/C25H20ClFN4O4/c1-16-12-24(29-30(16)14-19-4-2-3-5-22(19)27)28-25(32)18-8-6-17(7-9-18)15-35-23-11-10-20(31(33)34)13-21(23)26/h2-13H,14-15H2,1H3,(H,28,29,32). The molecule has 0 aliphatic rings. The molecule has 1 amide bonds. The Hall–Kier alpha value is -4.24. The summed E-state index contributed by atoms with van der Waals surface area (Å²) in [7, 11) is 0. The molecule has 3 aromatic carbocycles. The number of anilines is 1. The highest BCUT2D eigenvalue weighted by Gasteiger charge is 2.13. The van der Waals surface area contributed by atoms with Gasteiger partial charge < -0.3 is 10.1 Å². The van der Waals surface area contributed by atoms with E-state index in [-0.39, 0.29) is 35.6 Å². The molecule has 35 heavy (non-hydrogen) atoms. The number of carbonyl (C=O) groups excluding carboxylic acids is 1. The average Bonchev–Trinajstić information content (AvgIpc) is 3.18. The third-order valence-electron chi connectivity index (χ3n) is 5.24. The smallest absolute Gasteiger partial charge is 0.271 e. The first kappa shape index (κ1) is 23.9. The van der Waals surface area contributed by atoms with Gasteiger partial charge in [0.25, 0.3) is 11.6 Å². The highest BCUT2D eigenvalue weighted by Crippen LogP contribution is 2.29. The maximum absolute atomic E-state index is 13.9. The van der Waals surface area contributed by atoms with Gasteiger partial charge >= 0.3 is 0 Å². The molecule has 4 rings (SSSR count). The van der Waals surface area contributed by atoms with E-state index in [9.17, 15) is 19.3 Å². The van der Waals surface area contributed by atoms with E-state index in [0.717, 1.165) is 11.3 Å². The molecule has 0 atom stereocenters. The largest absolute Gasteiger partial charge is 0.487 e. The maximum atomic E-state index is 13.9. The number of ether oxygens (including phenoxy) is 1. The quantitative estimate of drug-likeness (QED) is 0.247. The number of amides is 1. The van der Waals surface area contributed by atoms with Crippen molar-refractivity contribution in [3.8, 4) is 5.75 Å². The molecular weight excluding hydrogens is 475 g/mol. The van der Waals surface area contributed by atoms with Crippen LogP contribution < -0.4 is 10.1 Å². The van der Waals surface area contributed by atoms with Crippen LogP contribution in [0.25, 0.3) is 0 Å². The molecule has 1 heterocycles. The fraction of sp³-hybridized carbons (Fsp3) is 0.120. The highest BCUT2D eigenvalue weighted by atomic mass is 35.5. The third kappa shape index (κ3) is 5.82. The number of nitro groups is 1. The number of carbonyl (C=O) groups is 1. The summed E-state index contributed by atoms with van der Waals surface area (Å²) < 4.78 is 21.2. The van der Waals surface area contributed by atoms with E-state index >= 15 is 0 Å². The lowest BCUT2D eigenvalue weighted by Crippen LogP contribution is -2.13. The molecule has 1 N–H and O–H groups in total. The normalized spacial score (nSPS) is 10.7. The van der Waals surface area contributed by atoms with Crippen molar-refractivity contribution in [1.82, 2.24) is 9.78 Å². The topological polar surface area (TPSA) is 99.3 Å². The Morgan fingerprint density at radius 1 is 1.14 bits per heavy atom. The van der Waals surface area contributed by atoms with Crippen LogP contribution in [0.2, 0.25) is 5.02 Å². The maximum Gasteiger partial charge on any atom is 0.271 e. The van der Waals surface area contributed by atoms with Crippen LogP contribution in [-0.2, 0) is 13.2 Å². The predicted octanol–water partition coefficient (Wildman–Crippen LogP) is 5.77. The van der Waals surface area contributed by atoms with Gasteiger partial charge in [-0.05, 0) is 36.8 Å². The molecule has 8 nitrogen and oxygen atoms in total. The molecule has 0 saturated carbocycles. The summed E-state index contributed by atoms with van der Waals surface area (Å²) >= 11 is 6.04. The zero-order valence-electron chi connectivity index (χ0n) is 18.6. The van der Waals surface area contributed by atoms with Crippen molar-refractivity contribution in [3.63, 3.8) is 0 Å². The number of hydrogen-bond acceptors (Lipinski definition) is 5. The van der Waals surface area contributed by atoms with Crippen molar-refractivity contribution in [2.45, 2.75) is 20.1 Å². The van der Waals surface area contributed by atoms with E-state index in [1.54, 1.807) is 53.2 Å². The van der Waals surface area contributed by atoms with Crippen LogP contribution in [0.5, 0.6) is 5.75 Å². The molecule has 178 valence electrons. The Morgan fingerprint density at radius 3 is 2.57 bits per heavy atom. The molecule has 0 saturated heterocycles. The van der Waals surface area contributed by atoms with Gasteiger partial charge in [-0.15, -0.1) is 0 Å². The summed E-state index contributed by atoms with van der Waals surface area (Å²) in [6.45, 7) is 2.25. The fourth-order valence-electron chi connectivity index (χ4n) is 3.34. The number of aryl methyl sites for hydroxylation is 1. The summed E-state index contributed by atoms with van der Waals surface area (Å²) in [5.41, 5.74) is 2.36. The molecule has 0 fully saturated rings. The van der Waals surface area contributed by atoms with Gasteiger partial charge in [0.1, 0.15) is 18.2 Å². The molecular formula is C25H20ClFN4O4. The van der Waals surface area contributed by atoms with Crippen molar-refractivity contribution < 1.29 is 18.8 Å². The number of benzene rings is 3. The van der Waals surface area contributed by atoms with Gasteiger partial charge in [0.05, 0.1) is 16.5 Å². The van der Waals surface area contributed by atoms with E-state index < -0.39 is 4.92 Å². The minimum atomic E-state index is -0.533. The molecule has 4 aromatic rings. The lowest BCUT2D eigenvalue weighted by atomic mass is 10.1. The summed E-state index contributed by atoms with van der Waals surface area (Å²) in [5.74, 6) is 0.0313. The summed E-state index contributed by atoms with van der Waals surface area (Å²) in [6.07, 6.45) is 0. The second-order valence-electron chi connectivity index (χ2n) is 7.73. The number of nitro benzene ring substituents is 1. The number of hydrogen-bond donors (Lipinski definition) is 1. The summed E-state index contributed by atoms with van der Waals surface area (Å²) in [6, 6.07) is 18.9.